The summed E-state index contributed by atoms with van der Waals surface area (Å²) < 4.78 is 8.09. The Balaban J connectivity index is 1.91. The molecule has 8 heteroatoms. The van der Waals surface area contributed by atoms with Crippen molar-refractivity contribution in [1.82, 2.24) is 19.2 Å². The second-order valence-electron chi connectivity index (χ2n) is 5.05. The molecular weight excluding hydrogens is 308 g/mol. The van der Waals surface area contributed by atoms with Crippen molar-refractivity contribution in [2.75, 3.05) is 13.7 Å². The number of aryl methyl sites for hydroxylation is 1. The SMILES string of the molecule is COc1ccc(Cl)cc1C(=O)N1CCn2c(nn(C)c2=O)C1. The van der Waals surface area contributed by atoms with Crippen molar-refractivity contribution in [3.63, 3.8) is 0 Å². The van der Waals surface area contributed by atoms with Gasteiger partial charge in [0.15, 0.2) is 5.82 Å². The number of ether oxygens (including phenoxy) is 1. The van der Waals surface area contributed by atoms with Gasteiger partial charge >= 0.3 is 5.69 Å². The Labute approximate surface area is 131 Å². The van der Waals surface area contributed by atoms with Crippen molar-refractivity contribution in [1.29, 1.82) is 0 Å². The molecule has 0 spiro atoms. The van der Waals surface area contributed by atoms with Gasteiger partial charge in [0.1, 0.15) is 5.75 Å². The monoisotopic (exact) mass is 322 g/mol. The van der Waals surface area contributed by atoms with Crippen LogP contribution < -0.4 is 10.4 Å². The van der Waals surface area contributed by atoms with Crippen molar-refractivity contribution in [3.05, 3.63) is 45.1 Å². The highest BCUT2D eigenvalue weighted by Crippen LogP contribution is 2.25. The molecule has 0 radical (unpaired) electrons. The molecule has 116 valence electrons. The smallest absolute Gasteiger partial charge is 0.345 e. The molecule has 0 unspecified atom stereocenters. The van der Waals surface area contributed by atoms with Crippen LogP contribution in [0.15, 0.2) is 23.0 Å². The van der Waals surface area contributed by atoms with Crippen LogP contribution >= 0.6 is 11.6 Å². The predicted molar refractivity (Wildman–Crippen MR) is 80.2 cm³/mol. The Morgan fingerprint density at radius 3 is 2.86 bits per heavy atom. The van der Waals surface area contributed by atoms with Crippen LogP contribution in [0.5, 0.6) is 5.75 Å². The Kier molecular flexibility index (Phi) is 3.66. The van der Waals surface area contributed by atoms with Crippen LogP contribution in [0, 0.1) is 0 Å². The number of halogens is 1. The van der Waals surface area contributed by atoms with Gasteiger partial charge in [-0.2, -0.15) is 5.10 Å². The summed E-state index contributed by atoms with van der Waals surface area (Å²) in [6, 6.07) is 4.92. The first-order chi connectivity index (χ1) is 10.5. The van der Waals surface area contributed by atoms with Crippen LogP contribution in [0.2, 0.25) is 5.02 Å². The summed E-state index contributed by atoms with van der Waals surface area (Å²) in [5, 5.41) is 4.62. The molecule has 22 heavy (non-hydrogen) atoms. The number of hydrogen-bond acceptors (Lipinski definition) is 4. The van der Waals surface area contributed by atoms with Gasteiger partial charge in [-0.3, -0.25) is 9.36 Å². The first-order valence-corrected chi connectivity index (χ1v) is 7.14. The fraction of sp³-hybridized carbons (Fsp3) is 0.357. The normalized spacial score (nSPS) is 13.9. The van der Waals surface area contributed by atoms with E-state index in [0.29, 0.717) is 35.2 Å². The lowest BCUT2D eigenvalue weighted by molar-refractivity contribution is 0.0703. The molecule has 0 fully saturated rings. The largest absolute Gasteiger partial charge is 0.496 e. The number of benzene rings is 1. The Bertz CT molecular complexity index is 796. The van der Waals surface area contributed by atoms with E-state index in [9.17, 15) is 9.59 Å². The molecule has 1 aromatic heterocycles. The van der Waals surface area contributed by atoms with Gasteiger partial charge in [-0.1, -0.05) is 11.6 Å². The summed E-state index contributed by atoms with van der Waals surface area (Å²) in [4.78, 5) is 26.2. The maximum absolute atomic E-state index is 12.7. The summed E-state index contributed by atoms with van der Waals surface area (Å²) in [7, 11) is 3.10. The summed E-state index contributed by atoms with van der Waals surface area (Å²) in [5.41, 5.74) is 0.240. The van der Waals surface area contributed by atoms with E-state index in [0.717, 1.165) is 0 Å². The number of carbonyl (C=O) groups is 1. The Morgan fingerprint density at radius 1 is 1.36 bits per heavy atom. The molecule has 1 aliphatic heterocycles. The molecule has 1 amide bonds. The van der Waals surface area contributed by atoms with Crippen molar-refractivity contribution < 1.29 is 9.53 Å². The second-order valence-corrected chi connectivity index (χ2v) is 5.48. The van der Waals surface area contributed by atoms with Crippen molar-refractivity contribution in [2.24, 2.45) is 7.05 Å². The number of carbonyl (C=O) groups excluding carboxylic acids is 1. The molecule has 2 heterocycles. The fourth-order valence-corrected chi connectivity index (χ4v) is 2.73. The van der Waals surface area contributed by atoms with Crippen LogP contribution in [0.1, 0.15) is 16.2 Å². The molecule has 0 atom stereocenters. The van der Waals surface area contributed by atoms with E-state index in [1.807, 2.05) is 0 Å². The lowest BCUT2D eigenvalue weighted by atomic mass is 10.1. The van der Waals surface area contributed by atoms with Crippen LogP contribution in [-0.4, -0.2) is 38.8 Å². The molecule has 0 bridgehead atoms. The Hall–Kier alpha value is -2.28. The van der Waals surface area contributed by atoms with Gasteiger partial charge in [-0.25, -0.2) is 9.48 Å². The Morgan fingerprint density at radius 2 is 2.14 bits per heavy atom. The van der Waals surface area contributed by atoms with E-state index in [-0.39, 0.29) is 18.1 Å². The maximum atomic E-state index is 12.7. The minimum absolute atomic E-state index is 0.164. The molecule has 0 aliphatic carbocycles. The highest BCUT2D eigenvalue weighted by atomic mass is 35.5. The number of aromatic nitrogens is 3. The summed E-state index contributed by atoms with van der Waals surface area (Å²) in [6.07, 6.45) is 0. The summed E-state index contributed by atoms with van der Waals surface area (Å²) >= 11 is 5.97. The van der Waals surface area contributed by atoms with Gasteiger partial charge < -0.3 is 9.64 Å². The van der Waals surface area contributed by atoms with Crippen molar-refractivity contribution in [3.8, 4) is 5.75 Å². The van der Waals surface area contributed by atoms with Gasteiger partial charge in [0.05, 0.1) is 19.2 Å². The molecule has 7 nitrogen and oxygen atoms in total. The minimum Gasteiger partial charge on any atom is -0.496 e. The van der Waals surface area contributed by atoms with Gasteiger partial charge in [0.2, 0.25) is 0 Å². The van der Waals surface area contributed by atoms with E-state index >= 15 is 0 Å². The topological polar surface area (TPSA) is 69.4 Å². The zero-order chi connectivity index (χ0) is 15.9. The minimum atomic E-state index is -0.191. The molecule has 0 N–H and O–H groups in total. The number of nitrogens with zero attached hydrogens (tertiary/aromatic N) is 4. The molecule has 1 aromatic carbocycles. The number of methoxy groups -OCH3 is 1. The predicted octanol–water partition coefficient (Wildman–Crippen LogP) is 0.900. The number of fused-ring (bicyclic) bond motifs is 1. The van der Waals surface area contributed by atoms with Crippen molar-refractivity contribution in [2.45, 2.75) is 13.1 Å². The second kappa shape index (κ2) is 5.49. The van der Waals surface area contributed by atoms with Gasteiger partial charge in [-0.05, 0) is 18.2 Å². The number of rotatable bonds is 2. The third-order valence-corrected chi connectivity index (χ3v) is 3.92. The average Bonchev–Trinajstić information content (AvgIpc) is 2.80. The quantitative estimate of drug-likeness (QED) is 0.823. The van der Waals surface area contributed by atoms with Crippen LogP contribution in [0.4, 0.5) is 0 Å². The molecule has 0 saturated heterocycles. The molecular formula is C14H15ClN4O3. The molecule has 1 aliphatic rings. The lowest BCUT2D eigenvalue weighted by Gasteiger charge is -2.27. The van der Waals surface area contributed by atoms with Crippen LogP contribution in [-0.2, 0) is 20.1 Å². The molecule has 3 rings (SSSR count). The molecule has 0 saturated carbocycles. The fourth-order valence-electron chi connectivity index (χ4n) is 2.56. The highest BCUT2D eigenvalue weighted by molar-refractivity contribution is 6.31. The first kappa shape index (κ1) is 14.6. The maximum Gasteiger partial charge on any atom is 0.345 e. The van der Waals surface area contributed by atoms with Gasteiger partial charge in [0, 0.05) is 25.2 Å². The zero-order valence-corrected chi connectivity index (χ0v) is 13.0. The van der Waals surface area contributed by atoms with E-state index in [1.165, 1.54) is 11.8 Å². The number of amides is 1. The van der Waals surface area contributed by atoms with Gasteiger partial charge in [0.25, 0.3) is 5.91 Å². The van der Waals surface area contributed by atoms with E-state index < -0.39 is 0 Å². The van der Waals surface area contributed by atoms with E-state index in [4.69, 9.17) is 16.3 Å². The van der Waals surface area contributed by atoms with Crippen molar-refractivity contribution >= 4 is 17.5 Å². The first-order valence-electron chi connectivity index (χ1n) is 6.77. The standard InChI is InChI=1S/C14H15ClN4O3/c1-17-14(21)19-6-5-18(8-12(19)16-17)13(20)10-7-9(15)3-4-11(10)22-2/h3-4,7H,5-6,8H2,1-2H3. The van der Waals surface area contributed by atoms with Crippen LogP contribution in [0.25, 0.3) is 0 Å². The third-order valence-electron chi connectivity index (χ3n) is 3.69. The average molecular weight is 323 g/mol. The van der Waals surface area contributed by atoms with E-state index in [2.05, 4.69) is 5.10 Å². The van der Waals surface area contributed by atoms with Crippen LogP contribution in [0.3, 0.4) is 0 Å². The van der Waals surface area contributed by atoms with E-state index in [1.54, 1.807) is 34.7 Å². The van der Waals surface area contributed by atoms with Gasteiger partial charge in [-0.15, -0.1) is 0 Å². The molecule has 2 aromatic rings. The summed E-state index contributed by atoms with van der Waals surface area (Å²) in [6.45, 7) is 1.15. The number of hydrogen-bond donors (Lipinski definition) is 0. The third kappa shape index (κ3) is 2.37. The lowest BCUT2D eigenvalue weighted by Crippen LogP contribution is -2.41. The zero-order valence-electron chi connectivity index (χ0n) is 12.2. The summed E-state index contributed by atoms with van der Waals surface area (Å²) in [5.74, 6) is 0.857. The highest BCUT2D eigenvalue weighted by Gasteiger charge is 2.26.